The topological polar surface area (TPSA) is 30.5 Å². The van der Waals surface area contributed by atoms with Crippen LogP contribution in [0.1, 0.15) is 53.9 Å². The molecule has 3 heteroatoms. The van der Waals surface area contributed by atoms with Gasteiger partial charge in [0.05, 0.1) is 17.8 Å². The highest BCUT2D eigenvalue weighted by molar-refractivity contribution is 5.03. The van der Waals surface area contributed by atoms with Crippen molar-refractivity contribution in [3.05, 3.63) is 0 Å². The zero-order valence-electron chi connectivity index (χ0n) is 12.6. The summed E-state index contributed by atoms with van der Waals surface area (Å²) < 4.78 is 11.8. The minimum Gasteiger partial charge on any atom is -0.378 e. The summed E-state index contributed by atoms with van der Waals surface area (Å²) in [6.07, 6.45) is 4.30. The summed E-state index contributed by atoms with van der Waals surface area (Å²) in [6, 6.07) is 0.571. The smallest absolute Gasteiger partial charge is 0.0707 e. The molecule has 0 aromatic carbocycles. The van der Waals surface area contributed by atoms with Gasteiger partial charge in [-0.2, -0.15) is 0 Å². The largest absolute Gasteiger partial charge is 0.378 e. The van der Waals surface area contributed by atoms with E-state index in [4.69, 9.17) is 9.47 Å². The third-order valence-electron chi connectivity index (χ3n) is 4.69. The maximum Gasteiger partial charge on any atom is 0.0707 e. The lowest BCUT2D eigenvalue weighted by Crippen LogP contribution is -2.61. The van der Waals surface area contributed by atoms with Gasteiger partial charge >= 0.3 is 0 Å². The van der Waals surface area contributed by atoms with Gasteiger partial charge in [0.2, 0.25) is 0 Å². The van der Waals surface area contributed by atoms with Crippen LogP contribution in [0.15, 0.2) is 0 Å². The van der Waals surface area contributed by atoms with Crippen molar-refractivity contribution < 1.29 is 9.47 Å². The van der Waals surface area contributed by atoms with Crippen LogP contribution >= 0.6 is 0 Å². The van der Waals surface area contributed by atoms with Gasteiger partial charge in [-0.05, 0) is 40.0 Å². The van der Waals surface area contributed by atoms with Gasteiger partial charge in [0.25, 0.3) is 0 Å². The van der Waals surface area contributed by atoms with E-state index in [-0.39, 0.29) is 11.0 Å². The zero-order chi connectivity index (χ0) is 13.4. The summed E-state index contributed by atoms with van der Waals surface area (Å²) in [5, 5.41) is 3.67. The van der Waals surface area contributed by atoms with Crippen molar-refractivity contribution in [3.8, 4) is 0 Å². The van der Waals surface area contributed by atoms with E-state index in [1.807, 2.05) is 0 Å². The molecule has 0 bridgehead atoms. The summed E-state index contributed by atoms with van der Waals surface area (Å²) >= 11 is 0. The Labute approximate surface area is 112 Å². The number of rotatable bonds is 5. The first-order chi connectivity index (χ1) is 8.35. The Bertz CT molecular complexity index is 288. The average Bonchev–Trinajstić information content (AvgIpc) is 2.62. The molecule has 1 aliphatic carbocycles. The van der Waals surface area contributed by atoms with E-state index in [0.717, 1.165) is 19.6 Å². The van der Waals surface area contributed by atoms with E-state index < -0.39 is 0 Å². The minimum atomic E-state index is 0.0787. The molecule has 3 unspecified atom stereocenters. The molecule has 1 heterocycles. The van der Waals surface area contributed by atoms with Gasteiger partial charge in [0.1, 0.15) is 0 Å². The van der Waals surface area contributed by atoms with E-state index in [1.165, 1.54) is 12.8 Å². The lowest BCUT2D eigenvalue weighted by atomic mass is 9.64. The molecule has 1 saturated carbocycles. The van der Waals surface area contributed by atoms with Crippen LogP contribution in [0, 0.1) is 5.41 Å². The Balaban J connectivity index is 1.73. The second-order valence-corrected chi connectivity index (χ2v) is 7.00. The number of ether oxygens (including phenoxy) is 2. The molecule has 3 nitrogen and oxygen atoms in total. The Morgan fingerprint density at radius 2 is 2.00 bits per heavy atom. The molecule has 2 fully saturated rings. The number of nitrogens with one attached hydrogen (secondary N) is 1. The average molecular weight is 255 g/mol. The van der Waals surface area contributed by atoms with E-state index in [1.54, 1.807) is 0 Å². The van der Waals surface area contributed by atoms with Gasteiger partial charge in [-0.3, -0.25) is 0 Å². The first kappa shape index (κ1) is 14.3. The molecule has 0 amide bonds. The summed E-state index contributed by atoms with van der Waals surface area (Å²) in [7, 11) is 0. The molecule has 18 heavy (non-hydrogen) atoms. The van der Waals surface area contributed by atoms with Crippen molar-refractivity contribution in [2.24, 2.45) is 5.41 Å². The Kier molecular flexibility index (Phi) is 4.05. The third-order valence-corrected chi connectivity index (χ3v) is 4.69. The second-order valence-electron chi connectivity index (χ2n) is 7.00. The van der Waals surface area contributed by atoms with Crippen LogP contribution in [-0.2, 0) is 9.47 Å². The van der Waals surface area contributed by atoms with Gasteiger partial charge in [-0.25, -0.2) is 0 Å². The normalized spacial score (nSPS) is 37.5. The molecule has 2 rings (SSSR count). The predicted molar refractivity (Wildman–Crippen MR) is 73.8 cm³/mol. The lowest BCUT2D eigenvalue weighted by Gasteiger charge is -2.52. The molecular weight excluding hydrogens is 226 g/mol. The predicted octanol–water partition coefficient (Wildman–Crippen LogP) is 2.74. The van der Waals surface area contributed by atoms with Crippen molar-refractivity contribution in [1.29, 1.82) is 0 Å². The fourth-order valence-corrected chi connectivity index (χ4v) is 3.21. The van der Waals surface area contributed by atoms with Gasteiger partial charge in [0, 0.05) is 24.6 Å². The third kappa shape index (κ3) is 2.89. The van der Waals surface area contributed by atoms with Crippen LogP contribution in [0.2, 0.25) is 0 Å². The van der Waals surface area contributed by atoms with E-state index in [9.17, 15) is 0 Å². The van der Waals surface area contributed by atoms with Crippen molar-refractivity contribution in [2.75, 3.05) is 13.2 Å². The summed E-state index contributed by atoms with van der Waals surface area (Å²) in [5.74, 6) is 0. The highest BCUT2D eigenvalue weighted by Gasteiger charge is 2.48. The van der Waals surface area contributed by atoms with Gasteiger partial charge in [0.15, 0.2) is 0 Å². The van der Waals surface area contributed by atoms with Crippen LogP contribution in [0.25, 0.3) is 0 Å². The molecule has 0 radical (unpaired) electrons. The van der Waals surface area contributed by atoms with Crippen LogP contribution in [0.4, 0.5) is 0 Å². The van der Waals surface area contributed by atoms with Crippen molar-refractivity contribution >= 4 is 0 Å². The van der Waals surface area contributed by atoms with E-state index >= 15 is 0 Å². The summed E-state index contributed by atoms with van der Waals surface area (Å²) in [6.45, 7) is 12.8. The Morgan fingerprint density at radius 1 is 1.28 bits per heavy atom. The Morgan fingerprint density at radius 3 is 2.50 bits per heavy atom. The molecule has 1 N–H and O–H groups in total. The van der Waals surface area contributed by atoms with Crippen LogP contribution in [-0.4, -0.2) is 37.0 Å². The molecule has 2 aliphatic rings. The fourth-order valence-electron chi connectivity index (χ4n) is 3.21. The van der Waals surface area contributed by atoms with Crippen molar-refractivity contribution in [3.63, 3.8) is 0 Å². The number of hydrogen-bond donors (Lipinski definition) is 1. The van der Waals surface area contributed by atoms with E-state index in [0.29, 0.717) is 18.2 Å². The maximum atomic E-state index is 6.02. The summed E-state index contributed by atoms with van der Waals surface area (Å²) in [4.78, 5) is 0. The molecular formula is C15H29NO2. The molecule has 106 valence electrons. The van der Waals surface area contributed by atoms with Crippen LogP contribution in [0.3, 0.4) is 0 Å². The molecule has 0 spiro atoms. The fraction of sp³-hybridized carbons (Fsp3) is 1.00. The van der Waals surface area contributed by atoms with Gasteiger partial charge < -0.3 is 14.8 Å². The van der Waals surface area contributed by atoms with E-state index in [2.05, 4.69) is 39.9 Å². The molecule has 1 saturated heterocycles. The van der Waals surface area contributed by atoms with Crippen molar-refractivity contribution in [2.45, 2.75) is 77.7 Å². The first-order valence-corrected chi connectivity index (χ1v) is 7.38. The molecule has 1 aliphatic heterocycles. The Hall–Kier alpha value is -0.120. The molecule has 3 atom stereocenters. The minimum absolute atomic E-state index is 0.0787. The van der Waals surface area contributed by atoms with Crippen LogP contribution in [0.5, 0.6) is 0 Å². The zero-order valence-corrected chi connectivity index (χ0v) is 12.6. The molecule has 0 aromatic rings. The maximum absolute atomic E-state index is 6.02. The SMILES string of the molecule is CCOC1CC(NCC2CCC(C)(C)O2)C1(C)C. The van der Waals surface area contributed by atoms with Crippen LogP contribution < -0.4 is 5.32 Å². The second kappa shape index (κ2) is 5.10. The lowest BCUT2D eigenvalue weighted by molar-refractivity contribution is -0.117. The summed E-state index contributed by atoms with van der Waals surface area (Å²) in [5.41, 5.74) is 0.333. The standard InChI is InChI=1S/C15H29NO2/c1-6-17-13-9-12(15(13,4)5)16-10-11-7-8-14(2,3)18-11/h11-13,16H,6-10H2,1-5H3. The quantitative estimate of drug-likeness (QED) is 0.819. The van der Waals surface area contributed by atoms with Gasteiger partial charge in [-0.15, -0.1) is 0 Å². The monoisotopic (exact) mass is 255 g/mol. The molecule has 0 aromatic heterocycles. The highest BCUT2D eigenvalue weighted by Crippen LogP contribution is 2.42. The van der Waals surface area contributed by atoms with Gasteiger partial charge in [-0.1, -0.05) is 13.8 Å². The first-order valence-electron chi connectivity index (χ1n) is 7.38. The van der Waals surface area contributed by atoms with Crippen molar-refractivity contribution in [1.82, 2.24) is 5.32 Å². The number of hydrogen-bond acceptors (Lipinski definition) is 3. The highest BCUT2D eigenvalue weighted by atomic mass is 16.5.